The van der Waals surface area contributed by atoms with Crippen LogP contribution in [0.25, 0.3) is 0 Å². The van der Waals surface area contributed by atoms with E-state index in [1.165, 1.54) is 0 Å². The van der Waals surface area contributed by atoms with Crippen LogP contribution < -0.4 is 9.80 Å². The molecular weight excluding hydrogens is 359 g/mol. The van der Waals surface area contributed by atoms with E-state index in [0.29, 0.717) is 0 Å². The SMILES string of the molecule is CN(C)c1ncccn1.CN(C)c1ncccn1.[Zn].[Zn]. The summed E-state index contributed by atoms with van der Waals surface area (Å²) in [5.74, 6) is 1.50. The van der Waals surface area contributed by atoms with Gasteiger partial charge in [0, 0.05) is 91.9 Å². The third-order valence-electron chi connectivity index (χ3n) is 1.90. The Kier molecular flexibility index (Phi) is 12.6. The normalized spacial score (nSPS) is 8.20. The van der Waals surface area contributed by atoms with Crippen LogP contribution in [-0.4, -0.2) is 48.1 Å². The van der Waals surface area contributed by atoms with Crippen molar-refractivity contribution in [2.24, 2.45) is 0 Å². The molecule has 0 aliphatic rings. The van der Waals surface area contributed by atoms with Crippen LogP contribution >= 0.6 is 0 Å². The average molecular weight is 377 g/mol. The zero-order chi connectivity index (χ0) is 13.4. The molecule has 0 N–H and O–H groups in total. The van der Waals surface area contributed by atoms with Crippen LogP contribution in [0.5, 0.6) is 0 Å². The summed E-state index contributed by atoms with van der Waals surface area (Å²) >= 11 is 0. The Bertz CT molecular complexity index is 395. The van der Waals surface area contributed by atoms with Crippen molar-refractivity contribution in [2.45, 2.75) is 0 Å². The number of hydrogen-bond donors (Lipinski definition) is 0. The molecule has 2 rings (SSSR count). The van der Waals surface area contributed by atoms with Gasteiger partial charge in [-0.2, -0.15) is 0 Å². The minimum Gasteiger partial charge on any atom is -0.347 e. The van der Waals surface area contributed by atoms with Crippen molar-refractivity contribution in [1.82, 2.24) is 19.9 Å². The van der Waals surface area contributed by atoms with Gasteiger partial charge in [0.05, 0.1) is 0 Å². The molecule has 6 nitrogen and oxygen atoms in total. The first-order valence-corrected chi connectivity index (χ1v) is 5.50. The number of anilines is 2. The summed E-state index contributed by atoms with van der Waals surface area (Å²) in [6.07, 6.45) is 6.90. The van der Waals surface area contributed by atoms with Crippen LogP contribution in [0.4, 0.5) is 11.9 Å². The summed E-state index contributed by atoms with van der Waals surface area (Å²) in [5.41, 5.74) is 0. The second-order valence-electron chi connectivity index (χ2n) is 3.89. The van der Waals surface area contributed by atoms with Gasteiger partial charge in [0.15, 0.2) is 0 Å². The topological polar surface area (TPSA) is 58.0 Å². The Morgan fingerprint density at radius 3 is 1.00 bits per heavy atom. The fourth-order valence-electron chi connectivity index (χ4n) is 1.04. The molecule has 0 unspecified atom stereocenters. The molecule has 100 valence electrons. The molecule has 0 aliphatic carbocycles. The third kappa shape index (κ3) is 8.23. The first-order valence-electron chi connectivity index (χ1n) is 5.50. The van der Waals surface area contributed by atoms with Gasteiger partial charge in [-0.05, 0) is 12.1 Å². The zero-order valence-electron chi connectivity index (χ0n) is 12.6. The van der Waals surface area contributed by atoms with Crippen molar-refractivity contribution in [3.05, 3.63) is 36.9 Å². The van der Waals surface area contributed by atoms with Gasteiger partial charge in [-0.3, -0.25) is 0 Å². The molecule has 0 aromatic carbocycles. The van der Waals surface area contributed by atoms with Crippen molar-refractivity contribution in [3.63, 3.8) is 0 Å². The molecule has 0 saturated heterocycles. The van der Waals surface area contributed by atoms with Crippen molar-refractivity contribution < 1.29 is 39.0 Å². The minimum absolute atomic E-state index is 0. The van der Waals surface area contributed by atoms with Gasteiger partial charge in [-0.25, -0.2) is 19.9 Å². The molecule has 0 spiro atoms. The molecule has 0 bridgehead atoms. The van der Waals surface area contributed by atoms with Crippen molar-refractivity contribution in [3.8, 4) is 0 Å². The molecule has 2 aromatic heterocycles. The van der Waals surface area contributed by atoms with E-state index in [1.54, 1.807) is 36.9 Å². The van der Waals surface area contributed by atoms with Crippen molar-refractivity contribution in [1.29, 1.82) is 0 Å². The van der Waals surface area contributed by atoms with Crippen LogP contribution in [0.1, 0.15) is 0 Å². The minimum atomic E-state index is 0. The molecule has 2 heterocycles. The van der Waals surface area contributed by atoms with E-state index in [2.05, 4.69) is 19.9 Å². The molecule has 8 heteroatoms. The smallest absolute Gasteiger partial charge is 0.224 e. The number of nitrogens with zero attached hydrogens (tertiary/aromatic N) is 6. The summed E-state index contributed by atoms with van der Waals surface area (Å²) in [5, 5.41) is 0. The Balaban J connectivity index is 0. The quantitative estimate of drug-likeness (QED) is 0.731. The summed E-state index contributed by atoms with van der Waals surface area (Å²) in [7, 11) is 7.65. The first-order chi connectivity index (χ1) is 8.61. The Morgan fingerprint density at radius 1 is 0.600 bits per heavy atom. The van der Waals surface area contributed by atoms with Gasteiger partial charge in [-0.15, -0.1) is 0 Å². The van der Waals surface area contributed by atoms with E-state index >= 15 is 0 Å². The second-order valence-corrected chi connectivity index (χ2v) is 3.89. The number of aromatic nitrogens is 4. The van der Waals surface area contributed by atoms with Gasteiger partial charge in [0.25, 0.3) is 0 Å². The molecule has 20 heavy (non-hydrogen) atoms. The van der Waals surface area contributed by atoms with Crippen molar-refractivity contribution >= 4 is 11.9 Å². The maximum absolute atomic E-state index is 3.99. The molecule has 0 aliphatic heterocycles. The van der Waals surface area contributed by atoms with Crippen LogP contribution in [0.3, 0.4) is 0 Å². The molecular formula is C12H18N6Zn2. The Morgan fingerprint density at radius 2 is 0.850 bits per heavy atom. The van der Waals surface area contributed by atoms with Crippen LogP contribution in [0.15, 0.2) is 36.9 Å². The van der Waals surface area contributed by atoms with Gasteiger partial charge in [0.2, 0.25) is 11.9 Å². The Labute approximate surface area is 145 Å². The predicted octanol–water partition coefficient (Wildman–Crippen LogP) is 1.08. The first kappa shape index (κ1) is 21.3. The summed E-state index contributed by atoms with van der Waals surface area (Å²) in [6, 6.07) is 3.60. The largest absolute Gasteiger partial charge is 0.347 e. The maximum Gasteiger partial charge on any atom is 0.224 e. The molecule has 0 saturated carbocycles. The fraction of sp³-hybridized carbons (Fsp3) is 0.333. The fourth-order valence-corrected chi connectivity index (χ4v) is 1.04. The van der Waals surface area contributed by atoms with Gasteiger partial charge >= 0.3 is 0 Å². The van der Waals surface area contributed by atoms with Crippen LogP contribution in [0, 0.1) is 0 Å². The van der Waals surface area contributed by atoms with E-state index < -0.39 is 0 Å². The van der Waals surface area contributed by atoms with E-state index in [9.17, 15) is 0 Å². The predicted molar refractivity (Wildman–Crippen MR) is 72.7 cm³/mol. The van der Waals surface area contributed by atoms with Gasteiger partial charge < -0.3 is 9.80 Å². The van der Waals surface area contributed by atoms with Crippen LogP contribution in [-0.2, 0) is 39.0 Å². The maximum atomic E-state index is 3.99. The molecule has 2 aromatic rings. The molecule has 0 atom stereocenters. The molecule has 0 amide bonds. The Hall–Kier alpha value is -0.993. The number of rotatable bonds is 2. The van der Waals surface area contributed by atoms with E-state index in [1.807, 2.05) is 38.0 Å². The third-order valence-corrected chi connectivity index (χ3v) is 1.90. The van der Waals surface area contributed by atoms with Gasteiger partial charge in [-0.1, -0.05) is 0 Å². The average Bonchev–Trinajstić information content (AvgIpc) is 2.41. The summed E-state index contributed by atoms with van der Waals surface area (Å²) in [4.78, 5) is 19.7. The molecule has 0 fully saturated rings. The second kappa shape index (κ2) is 11.8. The van der Waals surface area contributed by atoms with E-state index in [0.717, 1.165) is 11.9 Å². The van der Waals surface area contributed by atoms with Crippen molar-refractivity contribution in [2.75, 3.05) is 38.0 Å². The van der Waals surface area contributed by atoms with E-state index in [-0.39, 0.29) is 39.0 Å². The van der Waals surface area contributed by atoms with Crippen LogP contribution in [0.2, 0.25) is 0 Å². The standard InChI is InChI=1S/2C6H9N3.2Zn/c2*1-9(2)6-7-4-3-5-8-6;;/h2*3-5H,1-2H3;;. The molecule has 0 radical (unpaired) electrons. The number of hydrogen-bond acceptors (Lipinski definition) is 6. The summed E-state index contributed by atoms with van der Waals surface area (Å²) < 4.78 is 0. The van der Waals surface area contributed by atoms with E-state index in [4.69, 9.17) is 0 Å². The zero-order valence-corrected chi connectivity index (χ0v) is 18.5. The monoisotopic (exact) mass is 374 g/mol. The van der Waals surface area contributed by atoms with Gasteiger partial charge in [0.1, 0.15) is 0 Å². The summed E-state index contributed by atoms with van der Waals surface area (Å²) in [6.45, 7) is 0.